The third-order valence-corrected chi connectivity index (χ3v) is 4.38. The van der Waals surface area contributed by atoms with Crippen molar-refractivity contribution in [2.24, 2.45) is 17.1 Å². The second-order valence-corrected chi connectivity index (χ2v) is 5.99. The molecule has 2 rings (SSSR count). The van der Waals surface area contributed by atoms with Gasteiger partial charge in [-0.1, -0.05) is 19.1 Å². The second kappa shape index (κ2) is 5.74. The first kappa shape index (κ1) is 14.1. The summed E-state index contributed by atoms with van der Waals surface area (Å²) in [5, 5.41) is 3.04. The molecule has 3 heteroatoms. The fourth-order valence-corrected chi connectivity index (χ4v) is 2.83. The van der Waals surface area contributed by atoms with Crippen molar-refractivity contribution >= 4 is 11.6 Å². The van der Waals surface area contributed by atoms with E-state index in [0.29, 0.717) is 12.5 Å². The topological polar surface area (TPSA) is 55.1 Å². The van der Waals surface area contributed by atoms with Crippen molar-refractivity contribution in [2.75, 3.05) is 11.9 Å². The SMILES string of the molecule is Cc1cccc(NC(=O)C2(CN)CCC(C)CC2)c1. The number of rotatable bonds is 3. The van der Waals surface area contributed by atoms with E-state index in [1.807, 2.05) is 31.2 Å². The number of anilines is 1. The highest BCUT2D eigenvalue weighted by Gasteiger charge is 2.39. The molecule has 0 heterocycles. The second-order valence-electron chi connectivity index (χ2n) is 5.99. The molecule has 0 saturated heterocycles. The largest absolute Gasteiger partial charge is 0.329 e. The smallest absolute Gasteiger partial charge is 0.231 e. The number of nitrogens with two attached hydrogens (primary N) is 1. The summed E-state index contributed by atoms with van der Waals surface area (Å²) in [4.78, 5) is 12.5. The average Bonchev–Trinajstić information content (AvgIpc) is 2.40. The summed E-state index contributed by atoms with van der Waals surface area (Å²) in [5.74, 6) is 0.805. The van der Waals surface area contributed by atoms with Gasteiger partial charge in [0.2, 0.25) is 5.91 Å². The Morgan fingerprint density at radius 1 is 1.42 bits per heavy atom. The van der Waals surface area contributed by atoms with Crippen LogP contribution >= 0.6 is 0 Å². The first-order valence-electron chi connectivity index (χ1n) is 7.14. The summed E-state index contributed by atoms with van der Waals surface area (Å²) < 4.78 is 0. The Kier molecular flexibility index (Phi) is 4.25. The van der Waals surface area contributed by atoms with E-state index < -0.39 is 0 Å². The Morgan fingerprint density at radius 2 is 2.11 bits per heavy atom. The zero-order chi connectivity index (χ0) is 13.9. The molecule has 1 aliphatic rings. The first-order chi connectivity index (χ1) is 9.05. The van der Waals surface area contributed by atoms with Crippen LogP contribution in [0, 0.1) is 18.3 Å². The third kappa shape index (κ3) is 3.16. The lowest BCUT2D eigenvalue weighted by atomic mass is 9.70. The summed E-state index contributed by atoms with van der Waals surface area (Å²) in [5.41, 5.74) is 7.56. The highest BCUT2D eigenvalue weighted by molar-refractivity contribution is 5.95. The van der Waals surface area contributed by atoms with E-state index >= 15 is 0 Å². The van der Waals surface area contributed by atoms with Gasteiger partial charge >= 0.3 is 0 Å². The van der Waals surface area contributed by atoms with Crippen LogP contribution in [0.3, 0.4) is 0 Å². The van der Waals surface area contributed by atoms with Gasteiger partial charge in [-0.05, 0) is 56.2 Å². The molecule has 3 N–H and O–H groups in total. The van der Waals surface area contributed by atoms with E-state index in [1.165, 1.54) is 0 Å². The van der Waals surface area contributed by atoms with Gasteiger partial charge in [0.1, 0.15) is 0 Å². The lowest BCUT2D eigenvalue weighted by Gasteiger charge is -2.37. The molecule has 0 unspecified atom stereocenters. The molecule has 1 fully saturated rings. The molecule has 0 spiro atoms. The Hall–Kier alpha value is -1.35. The van der Waals surface area contributed by atoms with Crippen LogP contribution in [-0.4, -0.2) is 12.5 Å². The summed E-state index contributed by atoms with van der Waals surface area (Å²) >= 11 is 0. The van der Waals surface area contributed by atoms with Gasteiger partial charge in [0.05, 0.1) is 5.41 Å². The monoisotopic (exact) mass is 260 g/mol. The van der Waals surface area contributed by atoms with Crippen molar-refractivity contribution in [1.29, 1.82) is 0 Å². The van der Waals surface area contributed by atoms with Crippen LogP contribution in [0.4, 0.5) is 5.69 Å². The fraction of sp³-hybridized carbons (Fsp3) is 0.562. The number of benzene rings is 1. The van der Waals surface area contributed by atoms with Crippen molar-refractivity contribution in [1.82, 2.24) is 0 Å². The third-order valence-electron chi connectivity index (χ3n) is 4.38. The number of nitrogens with one attached hydrogen (secondary N) is 1. The molecule has 1 amide bonds. The minimum atomic E-state index is -0.365. The molecule has 0 atom stereocenters. The van der Waals surface area contributed by atoms with Crippen molar-refractivity contribution < 1.29 is 4.79 Å². The normalized spacial score (nSPS) is 27.0. The van der Waals surface area contributed by atoms with Gasteiger partial charge in [-0.2, -0.15) is 0 Å². The summed E-state index contributed by atoms with van der Waals surface area (Å²) in [6.45, 7) is 4.72. The van der Waals surface area contributed by atoms with Gasteiger partial charge < -0.3 is 11.1 Å². The highest BCUT2D eigenvalue weighted by atomic mass is 16.2. The molecule has 0 radical (unpaired) electrons. The summed E-state index contributed by atoms with van der Waals surface area (Å²) in [6, 6.07) is 7.91. The molecule has 19 heavy (non-hydrogen) atoms. The Balaban J connectivity index is 2.09. The summed E-state index contributed by atoms with van der Waals surface area (Å²) in [7, 11) is 0. The van der Waals surface area contributed by atoms with Crippen LogP contribution in [0.25, 0.3) is 0 Å². The zero-order valence-electron chi connectivity index (χ0n) is 11.9. The van der Waals surface area contributed by atoms with Gasteiger partial charge in [0.25, 0.3) is 0 Å². The minimum absolute atomic E-state index is 0.0903. The van der Waals surface area contributed by atoms with E-state index in [0.717, 1.165) is 36.9 Å². The quantitative estimate of drug-likeness (QED) is 0.877. The zero-order valence-corrected chi connectivity index (χ0v) is 11.9. The van der Waals surface area contributed by atoms with E-state index in [2.05, 4.69) is 12.2 Å². The average molecular weight is 260 g/mol. The predicted molar refractivity (Wildman–Crippen MR) is 78.9 cm³/mol. The van der Waals surface area contributed by atoms with Crippen LogP contribution in [0.2, 0.25) is 0 Å². The van der Waals surface area contributed by atoms with Crippen molar-refractivity contribution in [3.63, 3.8) is 0 Å². The van der Waals surface area contributed by atoms with Crippen LogP contribution in [-0.2, 0) is 4.79 Å². The minimum Gasteiger partial charge on any atom is -0.329 e. The van der Waals surface area contributed by atoms with Gasteiger partial charge in [-0.3, -0.25) is 4.79 Å². The van der Waals surface area contributed by atoms with Gasteiger partial charge in [0.15, 0.2) is 0 Å². The standard InChI is InChI=1S/C16H24N2O/c1-12-6-8-16(11-17,9-7-12)15(19)18-14-5-3-4-13(2)10-14/h3-5,10,12H,6-9,11,17H2,1-2H3,(H,18,19). The molecular formula is C16H24N2O. The lowest BCUT2D eigenvalue weighted by Crippen LogP contribution is -2.44. The maximum absolute atomic E-state index is 12.5. The maximum Gasteiger partial charge on any atom is 0.231 e. The maximum atomic E-state index is 12.5. The molecule has 1 aromatic carbocycles. The summed E-state index contributed by atoms with van der Waals surface area (Å²) in [6.07, 6.45) is 4.00. The molecule has 0 aromatic heterocycles. The molecule has 1 aliphatic carbocycles. The van der Waals surface area contributed by atoms with Crippen LogP contribution in [0.15, 0.2) is 24.3 Å². The number of amides is 1. The Bertz CT molecular complexity index is 448. The van der Waals surface area contributed by atoms with E-state index in [1.54, 1.807) is 0 Å². The highest BCUT2D eigenvalue weighted by Crippen LogP contribution is 2.39. The first-order valence-corrected chi connectivity index (χ1v) is 7.14. The molecule has 1 aromatic rings. The molecule has 0 bridgehead atoms. The molecule has 104 valence electrons. The van der Waals surface area contributed by atoms with Crippen LogP contribution < -0.4 is 11.1 Å². The predicted octanol–water partition coefficient (Wildman–Crippen LogP) is 3.09. The van der Waals surface area contributed by atoms with Crippen molar-refractivity contribution in [2.45, 2.75) is 39.5 Å². The molecular weight excluding hydrogens is 236 g/mol. The fourth-order valence-electron chi connectivity index (χ4n) is 2.83. The number of hydrogen-bond donors (Lipinski definition) is 2. The Morgan fingerprint density at radius 3 is 2.68 bits per heavy atom. The van der Waals surface area contributed by atoms with Crippen LogP contribution in [0.5, 0.6) is 0 Å². The molecule has 0 aliphatic heterocycles. The number of carbonyl (C=O) groups is 1. The van der Waals surface area contributed by atoms with Crippen LogP contribution in [0.1, 0.15) is 38.2 Å². The van der Waals surface area contributed by atoms with Gasteiger partial charge in [-0.25, -0.2) is 0 Å². The number of hydrogen-bond acceptors (Lipinski definition) is 2. The van der Waals surface area contributed by atoms with Crippen molar-refractivity contribution in [3.05, 3.63) is 29.8 Å². The van der Waals surface area contributed by atoms with Gasteiger partial charge in [0, 0.05) is 12.2 Å². The number of aryl methyl sites for hydroxylation is 1. The molecule has 1 saturated carbocycles. The van der Waals surface area contributed by atoms with Gasteiger partial charge in [-0.15, -0.1) is 0 Å². The molecule has 3 nitrogen and oxygen atoms in total. The lowest BCUT2D eigenvalue weighted by molar-refractivity contribution is -0.127. The van der Waals surface area contributed by atoms with E-state index in [4.69, 9.17) is 5.73 Å². The number of carbonyl (C=O) groups excluding carboxylic acids is 1. The Labute approximate surface area is 115 Å². The van der Waals surface area contributed by atoms with Crippen molar-refractivity contribution in [3.8, 4) is 0 Å². The van der Waals surface area contributed by atoms with E-state index in [9.17, 15) is 4.79 Å². The van der Waals surface area contributed by atoms with E-state index in [-0.39, 0.29) is 11.3 Å².